The zero-order valence-corrected chi connectivity index (χ0v) is 10.9. The number of ether oxygens (including phenoxy) is 1. The molecule has 1 aromatic heterocycles. The summed E-state index contributed by atoms with van der Waals surface area (Å²) in [7, 11) is 0. The Labute approximate surface area is 109 Å². The summed E-state index contributed by atoms with van der Waals surface area (Å²) in [5.74, 6) is 5.79. The number of carbonyl (C=O) groups is 1. The van der Waals surface area contributed by atoms with E-state index in [9.17, 15) is 9.18 Å². The molecule has 0 atom stereocenters. The summed E-state index contributed by atoms with van der Waals surface area (Å²) in [6, 6.07) is 3.02. The number of carbonyl (C=O) groups excluding carboxylic acids is 1. The second kappa shape index (κ2) is 5.19. The van der Waals surface area contributed by atoms with Gasteiger partial charge in [0.05, 0.1) is 10.5 Å². The molecule has 0 aliphatic carbocycles. The molecule has 1 aliphatic heterocycles. The van der Waals surface area contributed by atoms with Crippen LogP contribution in [0.15, 0.2) is 40.4 Å². The molecule has 0 spiro atoms. The summed E-state index contributed by atoms with van der Waals surface area (Å²) in [5.41, 5.74) is 0.700. The summed E-state index contributed by atoms with van der Waals surface area (Å²) in [6.07, 6.45) is 0.200. The maximum atomic E-state index is 13.6. The van der Waals surface area contributed by atoms with Gasteiger partial charge in [0.25, 0.3) is 6.01 Å². The molecule has 0 fully saturated rings. The van der Waals surface area contributed by atoms with Gasteiger partial charge in [-0.2, -0.15) is 4.39 Å². The van der Waals surface area contributed by atoms with E-state index in [1.54, 1.807) is 6.92 Å². The SMILES string of the molecule is CC(=O)C1=C(C)OC(F)=C(C#Cc2cccs2)C1. The van der Waals surface area contributed by atoms with Crippen LogP contribution in [-0.4, -0.2) is 5.78 Å². The standard InChI is InChI=1S/C14H11FO2S/c1-9(16)13-8-11(14(15)17-10(13)2)5-6-12-4-3-7-18-12/h3-4,7H,8H2,1-2H3. The summed E-state index contributed by atoms with van der Waals surface area (Å²) in [5, 5.41) is 1.90. The molecular weight excluding hydrogens is 251 g/mol. The normalized spacial score (nSPS) is 15.1. The summed E-state index contributed by atoms with van der Waals surface area (Å²) >= 11 is 1.48. The molecular formula is C14H11FO2S. The summed E-state index contributed by atoms with van der Waals surface area (Å²) in [4.78, 5) is 12.2. The van der Waals surface area contributed by atoms with Gasteiger partial charge in [-0.25, -0.2) is 0 Å². The van der Waals surface area contributed by atoms with Crippen molar-refractivity contribution in [3.8, 4) is 11.8 Å². The molecule has 2 rings (SSSR count). The average Bonchev–Trinajstić information content (AvgIpc) is 2.80. The van der Waals surface area contributed by atoms with E-state index in [2.05, 4.69) is 11.8 Å². The highest BCUT2D eigenvalue weighted by atomic mass is 32.1. The molecule has 2 heterocycles. The largest absolute Gasteiger partial charge is 0.435 e. The molecule has 0 unspecified atom stereocenters. The van der Waals surface area contributed by atoms with Crippen LogP contribution >= 0.6 is 11.3 Å². The van der Waals surface area contributed by atoms with E-state index in [1.807, 2.05) is 17.5 Å². The second-order valence-corrected chi connectivity index (χ2v) is 4.80. The van der Waals surface area contributed by atoms with Gasteiger partial charge in [0, 0.05) is 12.0 Å². The fourth-order valence-electron chi connectivity index (χ4n) is 1.58. The van der Waals surface area contributed by atoms with Crippen LogP contribution < -0.4 is 0 Å². The van der Waals surface area contributed by atoms with Crippen LogP contribution in [0.1, 0.15) is 25.1 Å². The topological polar surface area (TPSA) is 26.3 Å². The van der Waals surface area contributed by atoms with E-state index in [4.69, 9.17) is 4.74 Å². The number of hydrogen-bond acceptors (Lipinski definition) is 3. The lowest BCUT2D eigenvalue weighted by Crippen LogP contribution is -2.09. The second-order valence-electron chi connectivity index (χ2n) is 3.85. The highest BCUT2D eigenvalue weighted by molar-refractivity contribution is 7.10. The van der Waals surface area contributed by atoms with E-state index in [-0.39, 0.29) is 17.8 Å². The smallest absolute Gasteiger partial charge is 0.289 e. The third kappa shape index (κ3) is 2.69. The van der Waals surface area contributed by atoms with E-state index >= 15 is 0 Å². The molecule has 0 bridgehead atoms. The number of allylic oxidation sites excluding steroid dienone is 3. The third-order valence-electron chi connectivity index (χ3n) is 2.54. The van der Waals surface area contributed by atoms with Gasteiger partial charge in [0.1, 0.15) is 5.76 Å². The minimum Gasteiger partial charge on any atom is -0.435 e. The Morgan fingerprint density at radius 2 is 2.28 bits per heavy atom. The third-order valence-corrected chi connectivity index (χ3v) is 3.33. The van der Waals surface area contributed by atoms with Crippen molar-refractivity contribution < 1.29 is 13.9 Å². The van der Waals surface area contributed by atoms with Crippen molar-refractivity contribution in [2.75, 3.05) is 0 Å². The van der Waals surface area contributed by atoms with Gasteiger partial charge in [-0.3, -0.25) is 4.79 Å². The van der Waals surface area contributed by atoms with Crippen molar-refractivity contribution >= 4 is 17.1 Å². The zero-order chi connectivity index (χ0) is 13.1. The van der Waals surface area contributed by atoms with E-state index < -0.39 is 6.01 Å². The van der Waals surface area contributed by atoms with Gasteiger partial charge in [-0.1, -0.05) is 17.9 Å². The van der Waals surface area contributed by atoms with Crippen molar-refractivity contribution in [2.45, 2.75) is 20.3 Å². The first-order valence-corrected chi connectivity index (χ1v) is 6.28. The van der Waals surface area contributed by atoms with Crippen molar-refractivity contribution in [1.29, 1.82) is 0 Å². The molecule has 0 N–H and O–H groups in total. The number of hydrogen-bond donors (Lipinski definition) is 0. The van der Waals surface area contributed by atoms with Gasteiger partial charge in [-0.05, 0) is 25.3 Å². The highest BCUT2D eigenvalue weighted by Gasteiger charge is 2.21. The van der Waals surface area contributed by atoms with Crippen LogP contribution in [0.2, 0.25) is 0 Å². The van der Waals surface area contributed by atoms with Crippen LogP contribution in [0.3, 0.4) is 0 Å². The summed E-state index contributed by atoms with van der Waals surface area (Å²) < 4.78 is 18.5. The Kier molecular flexibility index (Phi) is 3.63. The van der Waals surface area contributed by atoms with Crippen molar-refractivity contribution in [1.82, 2.24) is 0 Å². The van der Waals surface area contributed by atoms with Crippen molar-refractivity contribution in [2.24, 2.45) is 0 Å². The van der Waals surface area contributed by atoms with Gasteiger partial charge >= 0.3 is 0 Å². The van der Waals surface area contributed by atoms with Gasteiger partial charge in [0.15, 0.2) is 5.78 Å². The Bertz CT molecular complexity index is 597. The molecule has 18 heavy (non-hydrogen) atoms. The van der Waals surface area contributed by atoms with Crippen LogP contribution in [-0.2, 0) is 9.53 Å². The maximum absolute atomic E-state index is 13.6. The molecule has 0 saturated heterocycles. The van der Waals surface area contributed by atoms with Gasteiger partial charge in [0.2, 0.25) is 0 Å². The van der Waals surface area contributed by atoms with E-state index in [1.165, 1.54) is 18.3 Å². The van der Waals surface area contributed by atoms with Gasteiger partial charge < -0.3 is 4.74 Å². The van der Waals surface area contributed by atoms with E-state index in [0.29, 0.717) is 11.3 Å². The maximum Gasteiger partial charge on any atom is 0.289 e. The highest BCUT2D eigenvalue weighted by Crippen LogP contribution is 2.28. The van der Waals surface area contributed by atoms with E-state index in [0.717, 1.165) is 4.88 Å². The fourth-order valence-corrected chi connectivity index (χ4v) is 2.15. The molecule has 2 nitrogen and oxygen atoms in total. The number of halogens is 1. The molecule has 0 aromatic carbocycles. The van der Waals surface area contributed by atoms with Crippen molar-refractivity contribution in [3.05, 3.63) is 45.3 Å². The van der Waals surface area contributed by atoms with Crippen molar-refractivity contribution in [3.63, 3.8) is 0 Å². The number of rotatable bonds is 1. The number of ketones is 1. The molecule has 0 radical (unpaired) electrons. The molecule has 92 valence electrons. The first kappa shape index (κ1) is 12.6. The Hall–Kier alpha value is -1.86. The summed E-state index contributed by atoms with van der Waals surface area (Å²) in [6.45, 7) is 3.02. The quantitative estimate of drug-likeness (QED) is 0.723. The van der Waals surface area contributed by atoms with Crippen LogP contribution in [0.5, 0.6) is 0 Å². The van der Waals surface area contributed by atoms with Crippen LogP contribution in [0.25, 0.3) is 0 Å². The lowest BCUT2D eigenvalue weighted by molar-refractivity contribution is -0.114. The molecule has 0 amide bonds. The minimum absolute atomic E-state index is 0.115. The zero-order valence-electron chi connectivity index (χ0n) is 10.0. The monoisotopic (exact) mass is 262 g/mol. The Morgan fingerprint density at radius 3 is 2.89 bits per heavy atom. The Morgan fingerprint density at radius 1 is 1.50 bits per heavy atom. The molecule has 1 aliphatic rings. The number of Topliss-reactive ketones (excluding diaryl/α,β-unsaturated/α-hetero) is 1. The lowest BCUT2D eigenvalue weighted by atomic mass is 10.0. The molecule has 4 heteroatoms. The average molecular weight is 262 g/mol. The van der Waals surface area contributed by atoms with Gasteiger partial charge in [-0.15, -0.1) is 11.3 Å². The molecule has 0 saturated carbocycles. The first-order chi connectivity index (χ1) is 8.58. The minimum atomic E-state index is -0.707. The molecule has 1 aromatic rings. The number of thiophene rings is 1. The fraction of sp³-hybridized carbons (Fsp3) is 0.214. The van der Waals surface area contributed by atoms with Crippen LogP contribution in [0, 0.1) is 11.8 Å². The van der Waals surface area contributed by atoms with Crippen LogP contribution in [0.4, 0.5) is 4.39 Å². The first-order valence-electron chi connectivity index (χ1n) is 5.40. The lowest BCUT2D eigenvalue weighted by Gasteiger charge is -2.16. The Balaban J connectivity index is 2.24. The predicted molar refractivity (Wildman–Crippen MR) is 68.4 cm³/mol. The predicted octanol–water partition coefficient (Wildman–Crippen LogP) is 3.56.